The van der Waals surface area contributed by atoms with Crippen LogP contribution >= 0.6 is 0 Å². The van der Waals surface area contributed by atoms with Gasteiger partial charge in [-0.1, -0.05) is 36.4 Å². The minimum absolute atomic E-state index is 0.0885. The molecule has 4 aromatic rings. The van der Waals surface area contributed by atoms with E-state index in [2.05, 4.69) is 25.9 Å². The lowest BCUT2D eigenvalue weighted by Crippen LogP contribution is -2.28. The van der Waals surface area contributed by atoms with Crippen molar-refractivity contribution in [2.45, 2.75) is 36.1 Å². The van der Waals surface area contributed by atoms with Crippen LogP contribution in [-0.4, -0.2) is 44.1 Å². The molecule has 2 atom stereocenters. The summed E-state index contributed by atoms with van der Waals surface area (Å²) >= 11 is 0. The number of aromatic nitrogens is 2. The van der Waals surface area contributed by atoms with E-state index in [1.54, 1.807) is 43.5 Å². The zero-order chi connectivity index (χ0) is 29.2. The summed E-state index contributed by atoms with van der Waals surface area (Å²) in [7, 11) is -2.83. The van der Waals surface area contributed by atoms with E-state index < -0.39 is 21.0 Å². The molecule has 0 radical (unpaired) electrons. The quantitative estimate of drug-likeness (QED) is 0.168. The molecule has 11 heteroatoms. The van der Waals surface area contributed by atoms with Crippen molar-refractivity contribution in [3.05, 3.63) is 90.4 Å². The number of aliphatic hydroxyl groups excluding tert-OH is 1. The highest BCUT2D eigenvalue weighted by molar-refractivity contribution is 7.91. The Morgan fingerprint density at radius 3 is 2.44 bits per heavy atom. The molecule has 1 aliphatic carbocycles. The first-order chi connectivity index (χ1) is 19.6. The van der Waals surface area contributed by atoms with Gasteiger partial charge in [0.05, 0.1) is 27.4 Å². The summed E-state index contributed by atoms with van der Waals surface area (Å²) < 4.78 is 35.0. The average molecular weight is 575 g/mol. The van der Waals surface area contributed by atoms with Crippen molar-refractivity contribution in [2.75, 3.05) is 28.8 Å². The monoisotopic (exact) mass is 574 g/mol. The van der Waals surface area contributed by atoms with Crippen LogP contribution in [0.5, 0.6) is 0 Å². The van der Waals surface area contributed by atoms with E-state index in [0.29, 0.717) is 40.4 Å². The second-order valence-corrected chi connectivity index (χ2v) is 12.4. The first kappa shape index (κ1) is 28.2. The molecule has 1 aromatic heterocycles. The molecule has 0 saturated heterocycles. The summed E-state index contributed by atoms with van der Waals surface area (Å²) in [4.78, 5) is 22.4. The second kappa shape index (κ2) is 11.3. The van der Waals surface area contributed by atoms with Crippen molar-refractivity contribution in [1.82, 2.24) is 9.97 Å². The van der Waals surface area contributed by atoms with Crippen LogP contribution in [0, 0.1) is 10.6 Å². The Labute approximate surface area is 238 Å². The molecule has 1 fully saturated rings. The van der Waals surface area contributed by atoms with Gasteiger partial charge < -0.3 is 21.1 Å². The van der Waals surface area contributed by atoms with E-state index in [0.717, 1.165) is 5.56 Å². The van der Waals surface area contributed by atoms with Crippen molar-refractivity contribution >= 4 is 38.8 Å². The van der Waals surface area contributed by atoms with Gasteiger partial charge >= 0.3 is 0 Å². The maximum Gasteiger partial charge on any atom is 0.235 e. The standard InChI is InChI=1S/C30H31FN6O3S/c1-19(18-38)34-27-24(17-33-29(37-27)35-22-9-11-23(12-10-22)41(2,32)40)20-8-13-26(25(31)16-20)36-28(39)30(14-15-30)21-6-4-3-5-7-21/h3-13,16-17,19,32,38H,14-15,18H2,1-2H3,(H,36,39)(H2,33,34,35,37). The molecule has 212 valence electrons. The number of carbonyl (C=O) groups excluding carboxylic acids is 1. The van der Waals surface area contributed by atoms with E-state index in [1.165, 1.54) is 18.4 Å². The summed E-state index contributed by atoms with van der Waals surface area (Å²) in [5.41, 5.74) is 2.00. The number of nitrogens with zero attached hydrogens (tertiary/aromatic N) is 2. The normalized spacial score (nSPS) is 15.8. The minimum Gasteiger partial charge on any atom is -0.394 e. The van der Waals surface area contributed by atoms with Gasteiger partial charge in [0.2, 0.25) is 11.9 Å². The smallest absolute Gasteiger partial charge is 0.235 e. The predicted octanol–water partition coefficient (Wildman–Crippen LogP) is 5.52. The van der Waals surface area contributed by atoms with Crippen molar-refractivity contribution < 1.29 is 18.5 Å². The van der Waals surface area contributed by atoms with Gasteiger partial charge in [-0.25, -0.2) is 18.4 Å². The fourth-order valence-electron chi connectivity index (χ4n) is 4.52. The van der Waals surface area contributed by atoms with Gasteiger partial charge in [0, 0.05) is 34.6 Å². The number of benzene rings is 3. The lowest BCUT2D eigenvalue weighted by atomic mass is 9.95. The van der Waals surface area contributed by atoms with Crippen LogP contribution in [0.3, 0.4) is 0 Å². The van der Waals surface area contributed by atoms with E-state index in [1.807, 2.05) is 30.3 Å². The first-order valence-electron chi connectivity index (χ1n) is 13.1. The molecule has 2 unspecified atom stereocenters. The van der Waals surface area contributed by atoms with Crippen molar-refractivity contribution in [2.24, 2.45) is 0 Å². The Hall–Kier alpha value is -4.35. The Balaban J connectivity index is 1.38. The molecule has 5 N–H and O–H groups in total. The predicted molar refractivity (Wildman–Crippen MR) is 158 cm³/mol. The largest absolute Gasteiger partial charge is 0.394 e. The summed E-state index contributed by atoms with van der Waals surface area (Å²) in [6.45, 7) is 1.63. The number of rotatable bonds is 10. The summed E-state index contributed by atoms with van der Waals surface area (Å²) in [6.07, 6.45) is 4.33. The second-order valence-electron chi connectivity index (χ2n) is 10.3. The third-order valence-electron chi connectivity index (χ3n) is 7.05. The molecule has 1 saturated carbocycles. The molecule has 1 aliphatic rings. The molecular weight excluding hydrogens is 543 g/mol. The highest BCUT2D eigenvalue weighted by atomic mass is 32.2. The zero-order valence-electron chi connectivity index (χ0n) is 22.6. The molecule has 0 aliphatic heterocycles. The number of aliphatic hydroxyl groups is 1. The molecule has 1 heterocycles. The molecule has 5 rings (SSSR count). The van der Waals surface area contributed by atoms with Crippen LogP contribution < -0.4 is 16.0 Å². The maximum atomic E-state index is 15.3. The van der Waals surface area contributed by atoms with Gasteiger partial charge in [-0.05, 0) is 67.3 Å². The average Bonchev–Trinajstić information content (AvgIpc) is 3.77. The topological polar surface area (TPSA) is 140 Å². The maximum absolute atomic E-state index is 15.3. The lowest BCUT2D eigenvalue weighted by Gasteiger charge is -2.18. The Morgan fingerprint density at radius 2 is 1.83 bits per heavy atom. The summed E-state index contributed by atoms with van der Waals surface area (Å²) in [5, 5.41) is 18.6. The van der Waals surface area contributed by atoms with Crippen LogP contribution in [0.4, 0.5) is 27.5 Å². The highest BCUT2D eigenvalue weighted by Gasteiger charge is 2.51. The van der Waals surface area contributed by atoms with Gasteiger partial charge in [0.15, 0.2) is 0 Å². The zero-order valence-corrected chi connectivity index (χ0v) is 23.5. The number of carbonyl (C=O) groups is 1. The van der Waals surface area contributed by atoms with E-state index >= 15 is 4.39 Å². The molecule has 41 heavy (non-hydrogen) atoms. The van der Waals surface area contributed by atoms with Crippen molar-refractivity contribution in [3.63, 3.8) is 0 Å². The summed E-state index contributed by atoms with van der Waals surface area (Å²) in [5.74, 6) is -0.201. The SMILES string of the molecule is CC(CO)Nc1nc(Nc2ccc(S(C)(=N)=O)cc2)ncc1-c1ccc(NC(=O)C2(c3ccccc3)CC2)c(F)c1. The number of anilines is 4. The van der Waals surface area contributed by atoms with Gasteiger partial charge in [0.25, 0.3) is 0 Å². The van der Waals surface area contributed by atoms with Gasteiger partial charge in [-0.3, -0.25) is 4.79 Å². The first-order valence-corrected chi connectivity index (χ1v) is 15.1. The van der Waals surface area contributed by atoms with Crippen LogP contribution in [-0.2, 0) is 19.9 Å². The van der Waals surface area contributed by atoms with Crippen LogP contribution in [0.25, 0.3) is 11.1 Å². The number of hydrogen-bond donors (Lipinski definition) is 5. The Kier molecular flexibility index (Phi) is 7.74. The van der Waals surface area contributed by atoms with E-state index in [4.69, 9.17) is 4.78 Å². The molecule has 0 bridgehead atoms. The fraction of sp³-hybridized carbons (Fsp3) is 0.233. The molecule has 0 spiro atoms. The highest BCUT2D eigenvalue weighted by Crippen LogP contribution is 2.49. The van der Waals surface area contributed by atoms with Crippen molar-refractivity contribution in [3.8, 4) is 11.1 Å². The molecule has 3 aromatic carbocycles. The van der Waals surface area contributed by atoms with E-state index in [-0.39, 0.29) is 30.2 Å². The number of nitrogens with one attached hydrogen (secondary N) is 4. The summed E-state index contributed by atoms with van der Waals surface area (Å²) in [6, 6.07) is 20.3. The number of halogens is 1. The van der Waals surface area contributed by atoms with Gasteiger partial charge in [0.1, 0.15) is 11.6 Å². The van der Waals surface area contributed by atoms with Gasteiger partial charge in [-0.2, -0.15) is 4.98 Å². The minimum atomic E-state index is -2.83. The van der Waals surface area contributed by atoms with Crippen molar-refractivity contribution in [1.29, 1.82) is 4.78 Å². The number of amides is 1. The third-order valence-corrected chi connectivity index (χ3v) is 8.22. The Bertz CT molecular complexity index is 1680. The van der Waals surface area contributed by atoms with Crippen LogP contribution in [0.2, 0.25) is 0 Å². The van der Waals surface area contributed by atoms with Crippen LogP contribution in [0.15, 0.2) is 83.9 Å². The van der Waals surface area contributed by atoms with Gasteiger partial charge in [-0.15, -0.1) is 0 Å². The Morgan fingerprint density at radius 1 is 1.12 bits per heavy atom. The lowest BCUT2D eigenvalue weighted by molar-refractivity contribution is -0.118. The fourth-order valence-corrected chi connectivity index (χ4v) is 5.18. The number of hydrogen-bond acceptors (Lipinski definition) is 8. The molecule has 9 nitrogen and oxygen atoms in total. The van der Waals surface area contributed by atoms with E-state index in [9.17, 15) is 14.1 Å². The van der Waals surface area contributed by atoms with Crippen LogP contribution in [0.1, 0.15) is 25.3 Å². The molecule has 1 amide bonds. The third kappa shape index (κ3) is 6.21. The molecular formula is C30H31FN6O3S.